The average molecular weight is 495 g/mol. The molecule has 2 heterocycles. The van der Waals surface area contributed by atoms with E-state index < -0.39 is 0 Å². The lowest BCUT2D eigenvalue weighted by Gasteiger charge is -2.57. The van der Waals surface area contributed by atoms with Crippen molar-refractivity contribution in [3.63, 3.8) is 0 Å². The Morgan fingerprint density at radius 3 is 1.38 bits per heavy atom. The molecular weight excluding hydrogens is 448 g/mol. The van der Waals surface area contributed by atoms with Crippen molar-refractivity contribution in [2.24, 2.45) is 0 Å². The van der Waals surface area contributed by atoms with Crippen LogP contribution in [0.25, 0.3) is 0 Å². The largest absolute Gasteiger partial charge is 0.459 e. The predicted octanol–water partition coefficient (Wildman–Crippen LogP) is 5.87. The van der Waals surface area contributed by atoms with Gasteiger partial charge in [-0.1, -0.05) is 25.1 Å². The molecule has 194 valence electrons. The molecule has 0 atom stereocenters. The molecule has 0 bridgehead atoms. The van der Waals surface area contributed by atoms with Gasteiger partial charge < -0.3 is 9.47 Å². The Labute approximate surface area is 211 Å². The standard InChI is InChI=1S/C27H46N2O4S/c1-18(2)22(30)32-20-13-24(5,6)28(25(7,8)14-20)17-34-29-26(9,10)15-21(16-27(29,11)12)33-23(31)19(3)4/h20-21H,1,3,13-17H2,2,4-12H3. The van der Waals surface area contributed by atoms with Gasteiger partial charge >= 0.3 is 11.9 Å². The fourth-order valence-electron chi connectivity index (χ4n) is 5.88. The second-order valence-corrected chi connectivity index (χ2v) is 13.5. The summed E-state index contributed by atoms with van der Waals surface area (Å²) in [6, 6.07) is 0. The van der Waals surface area contributed by atoms with Gasteiger partial charge in [0.25, 0.3) is 0 Å². The highest BCUT2D eigenvalue weighted by Crippen LogP contribution is 2.47. The lowest BCUT2D eigenvalue weighted by molar-refractivity contribution is -0.155. The number of esters is 2. The van der Waals surface area contributed by atoms with Crippen molar-refractivity contribution in [1.29, 1.82) is 0 Å². The maximum Gasteiger partial charge on any atom is 0.333 e. The number of likely N-dealkylation sites (tertiary alicyclic amines) is 1. The van der Waals surface area contributed by atoms with E-state index in [1.54, 1.807) is 13.8 Å². The van der Waals surface area contributed by atoms with Crippen molar-refractivity contribution >= 4 is 23.9 Å². The number of piperidine rings is 2. The first-order valence-corrected chi connectivity index (χ1v) is 13.2. The number of carbonyl (C=O) groups is 2. The van der Waals surface area contributed by atoms with Crippen LogP contribution in [0.15, 0.2) is 24.3 Å². The molecule has 0 unspecified atom stereocenters. The van der Waals surface area contributed by atoms with Gasteiger partial charge in [0.15, 0.2) is 0 Å². The molecule has 2 saturated heterocycles. The lowest BCUT2D eigenvalue weighted by Crippen LogP contribution is -2.64. The summed E-state index contributed by atoms with van der Waals surface area (Å²) in [4.78, 5) is 26.8. The van der Waals surface area contributed by atoms with E-state index in [9.17, 15) is 9.59 Å². The lowest BCUT2D eigenvalue weighted by atomic mass is 9.78. The van der Waals surface area contributed by atoms with Gasteiger partial charge in [-0.25, -0.2) is 13.9 Å². The molecule has 0 amide bonds. The monoisotopic (exact) mass is 494 g/mol. The summed E-state index contributed by atoms with van der Waals surface area (Å²) in [5.74, 6) is 0.208. The maximum atomic E-state index is 12.1. The maximum absolute atomic E-state index is 12.1. The van der Waals surface area contributed by atoms with Gasteiger partial charge in [0, 0.05) is 59.0 Å². The molecule has 0 radical (unpaired) electrons. The van der Waals surface area contributed by atoms with E-state index in [2.05, 4.69) is 77.8 Å². The Kier molecular flexibility index (Phi) is 8.49. The van der Waals surface area contributed by atoms with E-state index in [1.165, 1.54) is 0 Å². The van der Waals surface area contributed by atoms with Crippen LogP contribution < -0.4 is 0 Å². The number of carbonyl (C=O) groups excluding carboxylic acids is 2. The average Bonchev–Trinajstić information content (AvgIpc) is 2.60. The Morgan fingerprint density at radius 1 is 0.735 bits per heavy atom. The van der Waals surface area contributed by atoms with Gasteiger partial charge in [0.05, 0.1) is 5.88 Å². The Balaban J connectivity index is 2.13. The summed E-state index contributed by atoms with van der Waals surface area (Å²) in [5, 5.41) is 0. The number of nitrogens with zero attached hydrogens (tertiary/aromatic N) is 2. The molecule has 2 fully saturated rings. The van der Waals surface area contributed by atoms with Gasteiger partial charge in [-0.15, -0.1) is 0 Å². The summed E-state index contributed by atoms with van der Waals surface area (Å²) >= 11 is 1.85. The zero-order valence-electron chi connectivity index (χ0n) is 23.0. The van der Waals surface area contributed by atoms with Crippen LogP contribution in [-0.2, 0) is 19.1 Å². The van der Waals surface area contributed by atoms with Crippen LogP contribution in [0.4, 0.5) is 0 Å². The molecular formula is C27H46N2O4S. The molecule has 34 heavy (non-hydrogen) atoms. The summed E-state index contributed by atoms with van der Waals surface area (Å²) in [6.45, 7) is 28.6. The molecule has 0 spiro atoms. The minimum atomic E-state index is -0.309. The van der Waals surface area contributed by atoms with Gasteiger partial charge in [-0.05, 0) is 69.2 Å². The van der Waals surface area contributed by atoms with Crippen molar-refractivity contribution in [3.8, 4) is 0 Å². The molecule has 0 N–H and O–H groups in total. The molecule has 0 aliphatic carbocycles. The molecule has 0 aromatic heterocycles. The van der Waals surface area contributed by atoms with Crippen LogP contribution in [0, 0.1) is 0 Å². The minimum Gasteiger partial charge on any atom is -0.459 e. The predicted molar refractivity (Wildman–Crippen MR) is 140 cm³/mol. The smallest absolute Gasteiger partial charge is 0.333 e. The number of hydrogen-bond donors (Lipinski definition) is 0. The third-order valence-corrected chi connectivity index (χ3v) is 8.65. The minimum absolute atomic E-state index is 0.123. The molecule has 2 aliphatic rings. The highest BCUT2D eigenvalue weighted by molar-refractivity contribution is 7.97. The summed E-state index contributed by atoms with van der Waals surface area (Å²) in [7, 11) is 0. The second kappa shape index (κ2) is 9.98. The number of ether oxygens (including phenoxy) is 2. The highest BCUT2D eigenvalue weighted by atomic mass is 32.2. The third kappa shape index (κ3) is 6.67. The first kappa shape index (κ1) is 28.9. The van der Waals surface area contributed by atoms with E-state index in [4.69, 9.17) is 9.47 Å². The van der Waals surface area contributed by atoms with Crippen molar-refractivity contribution in [2.45, 2.75) is 129 Å². The Bertz CT molecular complexity index is 726. The first-order chi connectivity index (χ1) is 15.3. The van der Waals surface area contributed by atoms with Crippen molar-refractivity contribution in [2.75, 3.05) is 5.88 Å². The van der Waals surface area contributed by atoms with E-state index in [0.29, 0.717) is 11.1 Å². The SMILES string of the molecule is C=C(C)C(=O)OC1CC(C)(C)N(CSN2C(C)(C)CC(OC(=O)C(=C)C)CC2(C)C)C(C)(C)C1. The summed E-state index contributed by atoms with van der Waals surface area (Å²) in [6.07, 6.45) is 2.85. The molecule has 0 aromatic carbocycles. The zero-order valence-corrected chi connectivity index (χ0v) is 23.9. The van der Waals surface area contributed by atoms with Gasteiger partial charge in [-0.3, -0.25) is 4.90 Å². The van der Waals surface area contributed by atoms with Gasteiger partial charge in [0.2, 0.25) is 0 Å². The van der Waals surface area contributed by atoms with Crippen molar-refractivity contribution in [1.82, 2.24) is 9.21 Å². The molecule has 0 saturated carbocycles. The second-order valence-electron chi connectivity index (χ2n) is 12.7. The summed E-state index contributed by atoms with van der Waals surface area (Å²) < 4.78 is 14.0. The highest BCUT2D eigenvalue weighted by Gasteiger charge is 2.50. The van der Waals surface area contributed by atoms with Crippen LogP contribution in [-0.4, -0.2) is 61.4 Å². The van der Waals surface area contributed by atoms with Gasteiger partial charge in [-0.2, -0.15) is 0 Å². The quantitative estimate of drug-likeness (QED) is 0.249. The fraction of sp³-hybridized carbons (Fsp3) is 0.778. The van der Waals surface area contributed by atoms with E-state index in [1.807, 2.05) is 11.9 Å². The topological polar surface area (TPSA) is 59.1 Å². The molecule has 6 nitrogen and oxygen atoms in total. The summed E-state index contributed by atoms with van der Waals surface area (Å²) in [5.41, 5.74) is 0.285. The van der Waals surface area contributed by atoms with E-state index in [0.717, 1.165) is 31.6 Å². The molecule has 7 heteroatoms. The Hall–Kier alpha value is -1.31. The van der Waals surface area contributed by atoms with Crippen LogP contribution in [0.3, 0.4) is 0 Å². The van der Waals surface area contributed by atoms with Crippen LogP contribution in [0.5, 0.6) is 0 Å². The number of rotatable bonds is 7. The van der Waals surface area contributed by atoms with Gasteiger partial charge in [0.1, 0.15) is 12.2 Å². The Morgan fingerprint density at radius 2 is 1.06 bits per heavy atom. The third-order valence-electron chi connectivity index (χ3n) is 7.03. The van der Waals surface area contributed by atoms with E-state index >= 15 is 0 Å². The van der Waals surface area contributed by atoms with Crippen LogP contribution in [0.2, 0.25) is 0 Å². The number of hydrogen-bond acceptors (Lipinski definition) is 7. The zero-order chi connectivity index (χ0) is 26.3. The molecule has 2 aliphatic heterocycles. The fourth-order valence-corrected chi connectivity index (χ4v) is 7.66. The van der Waals surface area contributed by atoms with Crippen molar-refractivity contribution in [3.05, 3.63) is 24.3 Å². The first-order valence-electron chi connectivity index (χ1n) is 12.2. The van der Waals surface area contributed by atoms with Crippen LogP contribution >= 0.6 is 11.9 Å². The molecule has 2 rings (SSSR count). The van der Waals surface area contributed by atoms with Crippen LogP contribution in [0.1, 0.15) is 94.9 Å². The molecule has 0 aromatic rings. The normalized spacial score (nSPS) is 24.9. The van der Waals surface area contributed by atoms with Crippen molar-refractivity contribution < 1.29 is 19.1 Å². The van der Waals surface area contributed by atoms with E-state index in [-0.39, 0.29) is 46.3 Å².